The van der Waals surface area contributed by atoms with Crippen molar-refractivity contribution in [3.63, 3.8) is 0 Å². The van der Waals surface area contributed by atoms with Crippen molar-refractivity contribution in [2.45, 2.75) is 0 Å². The van der Waals surface area contributed by atoms with E-state index in [0.717, 1.165) is 11.4 Å². The molecule has 0 aliphatic carbocycles. The molecule has 1 radical (unpaired) electrons. The lowest BCUT2D eigenvalue weighted by atomic mass is 10.2. The second-order valence-corrected chi connectivity index (χ2v) is 2.73. The lowest BCUT2D eigenvalue weighted by Crippen LogP contribution is -2.14. The van der Waals surface area contributed by atoms with E-state index in [-0.39, 0.29) is 0 Å². The Bertz CT molecular complexity index is 326. The average Bonchev–Trinajstić information content (AvgIpc) is 2.20. The third kappa shape index (κ3) is 1.64. The Balaban J connectivity index is 2.25. The summed E-state index contributed by atoms with van der Waals surface area (Å²) in [4.78, 5) is 1.95. The molecule has 0 saturated heterocycles. The molecule has 0 amide bonds. The van der Waals surface area contributed by atoms with Gasteiger partial charge >= 0.3 is 0 Å². The summed E-state index contributed by atoms with van der Waals surface area (Å²) >= 11 is 0. The van der Waals surface area contributed by atoms with Crippen LogP contribution in [0.3, 0.4) is 0 Å². The van der Waals surface area contributed by atoms with Crippen LogP contribution in [0, 0.1) is 6.20 Å². The summed E-state index contributed by atoms with van der Waals surface area (Å²) in [5.74, 6) is 0. The molecule has 3 heteroatoms. The smallest absolute Gasteiger partial charge is 0.0803 e. The molecule has 13 heavy (non-hydrogen) atoms. The summed E-state index contributed by atoms with van der Waals surface area (Å²) in [7, 11) is 0. The highest BCUT2D eigenvalue weighted by molar-refractivity contribution is 5.56. The van der Waals surface area contributed by atoms with Gasteiger partial charge in [-0.2, -0.15) is 0 Å². The van der Waals surface area contributed by atoms with Crippen LogP contribution < -0.4 is 16.0 Å². The van der Waals surface area contributed by atoms with E-state index in [1.54, 1.807) is 0 Å². The molecule has 0 bridgehead atoms. The highest BCUT2D eigenvalue weighted by Gasteiger charge is 2.00. The van der Waals surface area contributed by atoms with Gasteiger partial charge in [-0.25, -0.2) is 0 Å². The Morgan fingerprint density at radius 1 is 1.23 bits per heavy atom. The van der Waals surface area contributed by atoms with E-state index in [0.29, 0.717) is 0 Å². The third-order valence-electron chi connectivity index (χ3n) is 1.80. The van der Waals surface area contributed by atoms with Gasteiger partial charge in [-0.15, -0.1) is 0 Å². The Labute approximate surface area is 77.2 Å². The standard InChI is InChI=1S/C10H10N3/c11-9-1-3-10(4-2-9)13-7-5-12-6-8-13/h1-5,7-8,12H,11H2. The molecule has 0 aromatic heterocycles. The van der Waals surface area contributed by atoms with Crippen molar-refractivity contribution >= 4 is 11.4 Å². The molecule has 0 atom stereocenters. The van der Waals surface area contributed by atoms with E-state index in [9.17, 15) is 0 Å². The maximum atomic E-state index is 5.58. The number of benzene rings is 1. The number of anilines is 2. The largest absolute Gasteiger partial charge is 0.399 e. The van der Waals surface area contributed by atoms with E-state index >= 15 is 0 Å². The van der Waals surface area contributed by atoms with Gasteiger partial charge in [0.15, 0.2) is 0 Å². The van der Waals surface area contributed by atoms with Gasteiger partial charge in [-0.3, -0.25) is 0 Å². The normalized spacial score (nSPS) is 14.3. The third-order valence-corrected chi connectivity index (χ3v) is 1.80. The molecule has 2 rings (SSSR count). The zero-order chi connectivity index (χ0) is 9.10. The molecule has 0 unspecified atom stereocenters. The Kier molecular flexibility index (Phi) is 1.92. The van der Waals surface area contributed by atoms with Crippen molar-refractivity contribution in [2.75, 3.05) is 10.6 Å². The molecule has 1 aromatic rings. The monoisotopic (exact) mass is 172 g/mol. The number of nitrogens with one attached hydrogen (secondary N) is 1. The van der Waals surface area contributed by atoms with Gasteiger partial charge in [-0.1, -0.05) is 0 Å². The van der Waals surface area contributed by atoms with Crippen molar-refractivity contribution in [1.82, 2.24) is 5.32 Å². The Hall–Kier alpha value is -1.90. The van der Waals surface area contributed by atoms with E-state index in [1.807, 2.05) is 47.8 Å². The Morgan fingerprint density at radius 2 is 2.00 bits per heavy atom. The second-order valence-electron chi connectivity index (χ2n) is 2.73. The van der Waals surface area contributed by atoms with Crippen molar-refractivity contribution in [1.29, 1.82) is 0 Å². The van der Waals surface area contributed by atoms with Crippen LogP contribution in [0.1, 0.15) is 0 Å². The average molecular weight is 172 g/mol. The zero-order valence-electron chi connectivity index (χ0n) is 7.07. The van der Waals surface area contributed by atoms with Crippen LogP contribution in [0.15, 0.2) is 42.9 Å². The minimum atomic E-state index is 0.774. The molecular formula is C10H10N3. The van der Waals surface area contributed by atoms with E-state index in [4.69, 9.17) is 5.73 Å². The summed E-state index contributed by atoms with van der Waals surface area (Å²) in [5.41, 5.74) is 7.42. The van der Waals surface area contributed by atoms with Crippen LogP contribution in [-0.4, -0.2) is 0 Å². The maximum Gasteiger partial charge on any atom is 0.0803 e. The maximum absolute atomic E-state index is 5.58. The molecule has 3 N–H and O–H groups in total. The lowest BCUT2D eigenvalue weighted by Gasteiger charge is -2.17. The van der Waals surface area contributed by atoms with Crippen LogP contribution >= 0.6 is 0 Å². The van der Waals surface area contributed by atoms with Crippen molar-refractivity contribution < 1.29 is 0 Å². The first-order valence-corrected chi connectivity index (χ1v) is 4.01. The van der Waals surface area contributed by atoms with Gasteiger partial charge in [0.05, 0.1) is 6.20 Å². The molecule has 1 aromatic carbocycles. The predicted octanol–water partition coefficient (Wildman–Crippen LogP) is 1.42. The van der Waals surface area contributed by atoms with E-state index in [1.165, 1.54) is 0 Å². The van der Waals surface area contributed by atoms with Crippen molar-refractivity contribution in [2.24, 2.45) is 0 Å². The fourth-order valence-electron chi connectivity index (χ4n) is 1.12. The van der Waals surface area contributed by atoms with Gasteiger partial charge in [0.2, 0.25) is 0 Å². The molecule has 65 valence electrons. The quantitative estimate of drug-likeness (QED) is 0.629. The zero-order valence-corrected chi connectivity index (χ0v) is 7.07. The first-order valence-electron chi connectivity index (χ1n) is 4.01. The van der Waals surface area contributed by atoms with Gasteiger partial charge in [-0.05, 0) is 24.3 Å². The van der Waals surface area contributed by atoms with Crippen LogP contribution in [0.4, 0.5) is 11.4 Å². The van der Waals surface area contributed by atoms with Crippen molar-refractivity contribution in [3.05, 3.63) is 49.1 Å². The molecule has 0 fully saturated rings. The molecule has 1 heterocycles. The van der Waals surface area contributed by atoms with Gasteiger partial charge in [0.25, 0.3) is 0 Å². The van der Waals surface area contributed by atoms with Crippen molar-refractivity contribution in [3.8, 4) is 0 Å². The topological polar surface area (TPSA) is 41.3 Å². The Morgan fingerprint density at radius 3 is 2.62 bits per heavy atom. The minimum Gasteiger partial charge on any atom is -0.399 e. The minimum absolute atomic E-state index is 0.774. The number of rotatable bonds is 1. The number of hydrogen-bond donors (Lipinski definition) is 2. The molecular weight excluding hydrogens is 162 g/mol. The molecule has 3 nitrogen and oxygen atoms in total. The van der Waals surface area contributed by atoms with Crippen LogP contribution in [0.5, 0.6) is 0 Å². The lowest BCUT2D eigenvalue weighted by molar-refractivity contribution is 1.06. The molecule has 0 saturated carbocycles. The van der Waals surface area contributed by atoms with E-state index in [2.05, 4.69) is 11.5 Å². The number of hydrogen-bond acceptors (Lipinski definition) is 3. The first kappa shape index (κ1) is 7.73. The molecule has 1 aliphatic rings. The first-order chi connectivity index (χ1) is 6.36. The summed E-state index contributed by atoms with van der Waals surface area (Å²) in [6, 6.07) is 7.67. The molecule has 1 aliphatic heterocycles. The van der Waals surface area contributed by atoms with Crippen LogP contribution in [-0.2, 0) is 0 Å². The fourth-order valence-corrected chi connectivity index (χ4v) is 1.12. The van der Waals surface area contributed by atoms with Crippen LogP contribution in [0.2, 0.25) is 0 Å². The SMILES string of the molecule is Nc1ccc(N2C=[C]NC=C2)cc1. The summed E-state index contributed by atoms with van der Waals surface area (Å²) < 4.78 is 0. The number of nitrogens with zero attached hydrogens (tertiary/aromatic N) is 1. The number of nitrogens with two attached hydrogens (primary N) is 1. The summed E-state index contributed by atoms with van der Waals surface area (Å²) in [5, 5.41) is 2.84. The summed E-state index contributed by atoms with van der Waals surface area (Å²) in [6.07, 6.45) is 8.44. The number of nitrogen functional groups attached to an aromatic ring is 1. The summed E-state index contributed by atoms with van der Waals surface area (Å²) in [6.45, 7) is 0. The predicted molar refractivity (Wildman–Crippen MR) is 53.4 cm³/mol. The van der Waals surface area contributed by atoms with Gasteiger partial charge in [0.1, 0.15) is 0 Å². The highest BCUT2D eigenvalue weighted by Crippen LogP contribution is 2.17. The van der Waals surface area contributed by atoms with Gasteiger partial charge in [0, 0.05) is 30.0 Å². The van der Waals surface area contributed by atoms with Gasteiger partial charge < -0.3 is 16.0 Å². The highest BCUT2D eigenvalue weighted by atomic mass is 15.1. The fraction of sp³-hybridized carbons (Fsp3) is 0. The van der Waals surface area contributed by atoms with E-state index < -0.39 is 0 Å². The second kappa shape index (κ2) is 3.23. The molecule has 0 spiro atoms. The van der Waals surface area contributed by atoms with Crippen LogP contribution in [0.25, 0.3) is 0 Å².